The van der Waals surface area contributed by atoms with Gasteiger partial charge < -0.3 is 15.1 Å². The van der Waals surface area contributed by atoms with Gasteiger partial charge in [0, 0.05) is 6.54 Å². The van der Waals surface area contributed by atoms with Gasteiger partial charge in [-0.05, 0) is 19.1 Å². The highest BCUT2D eigenvalue weighted by Gasteiger charge is 2.14. The van der Waals surface area contributed by atoms with Gasteiger partial charge in [-0.25, -0.2) is 9.97 Å². The van der Waals surface area contributed by atoms with Crippen LogP contribution in [0.25, 0.3) is 0 Å². The number of furan rings is 1. The van der Waals surface area contributed by atoms with Crippen LogP contribution in [0.15, 0.2) is 29.1 Å². The summed E-state index contributed by atoms with van der Waals surface area (Å²) >= 11 is 6.08. The van der Waals surface area contributed by atoms with Gasteiger partial charge in [-0.15, -0.1) is 0 Å². The van der Waals surface area contributed by atoms with Crippen molar-refractivity contribution in [1.29, 1.82) is 0 Å². The third-order valence-corrected chi connectivity index (χ3v) is 2.77. The Labute approximate surface area is 104 Å². The zero-order valence-corrected chi connectivity index (χ0v) is 10.2. The molecule has 0 radical (unpaired) electrons. The molecule has 0 aromatic carbocycles. The molecule has 2 rings (SSSR count). The van der Waals surface area contributed by atoms with Crippen molar-refractivity contribution in [2.24, 2.45) is 0 Å². The average molecular weight is 253 g/mol. The van der Waals surface area contributed by atoms with Crippen molar-refractivity contribution in [2.75, 3.05) is 17.2 Å². The smallest absolute Gasteiger partial charge is 0.153 e. The summed E-state index contributed by atoms with van der Waals surface area (Å²) < 4.78 is 5.30. The standard InChI is InChI=1S/C11H13ClN4O/c1-2-16(6-8-4-3-5-17-8)11-9(12)10(13)14-7-15-11/h3-5,7H,2,6H2,1H3,(H2,13,14,15). The topological polar surface area (TPSA) is 68.2 Å². The molecule has 2 heterocycles. The molecule has 0 saturated heterocycles. The van der Waals surface area contributed by atoms with Gasteiger partial charge in [0.2, 0.25) is 0 Å². The van der Waals surface area contributed by atoms with Crippen LogP contribution in [0.4, 0.5) is 11.6 Å². The second-order valence-electron chi connectivity index (χ2n) is 3.49. The molecular weight excluding hydrogens is 240 g/mol. The second-order valence-corrected chi connectivity index (χ2v) is 3.87. The minimum absolute atomic E-state index is 0.287. The first kappa shape index (κ1) is 11.7. The normalized spacial score (nSPS) is 10.5. The summed E-state index contributed by atoms with van der Waals surface area (Å²) in [5.41, 5.74) is 5.65. The Bertz CT molecular complexity index is 486. The number of nitrogens with zero attached hydrogens (tertiary/aromatic N) is 3. The molecule has 0 saturated carbocycles. The Kier molecular flexibility index (Phi) is 3.49. The van der Waals surface area contributed by atoms with E-state index in [1.54, 1.807) is 6.26 Å². The van der Waals surface area contributed by atoms with Gasteiger partial charge in [0.1, 0.15) is 22.9 Å². The van der Waals surface area contributed by atoms with E-state index >= 15 is 0 Å². The van der Waals surface area contributed by atoms with Crippen LogP contribution in [0.2, 0.25) is 5.02 Å². The molecular formula is C11H13ClN4O. The molecule has 0 aliphatic heterocycles. The number of hydrogen-bond donors (Lipinski definition) is 1. The van der Waals surface area contributed by atoms with Gasteiger partial charge in [-0.2, -0.15) is 0 Å². The van der Waals surface area contributed by atoms with Crippen LogP contribution in [0.5, 0.6) is 0 Å². The highest BCUT2D eigenvalue weighted by atomic mass is 35.5. The van der Waals surface area contributed by atoms with E-state index in [1.807, 2.05) is 24.0 Å². The number of halogens is 1. The molecule has 0 amide bonds. The minimum atomic E-state index is 0.287. The number of anilines is 2. The summed E-state index contributed by atoms with van der Waals surface area (Å²) in [5.74, 6) is 1.76. The Hall–Kier alpha value is -1.75. The van der Waals surface area contributed by atoms with Crippen molar-refractivity contribution in [3.05, 3.63) is 35.5 Å². The van der Waals surface area contributed by atoms with E-state index in [4.69, 9.17) is 21.8 Å². The maximum atomic E-state index is 6.08. The van der Waals surface area contributed by atoms with E-state index in [0.717, 1.165) is 12.3 Å². The van der Waals surface area contributed by atoms with E-state index in [2.05, 4.69) is 9.97 Å². The first-order valence-electron chi connectivity index (χ1n) is 5.25. The lowest BCUT2D eigenvalue weighted by Crippen LogP contribution is -2.23. The largest absolute Gasteiger partial charge is 0.467 e. The molecule has 2 aromatic rings. The first-order chi connectivity index (χ1) is 8.22. The molecule has 5 nitrogen and oxygen atoms in total. The Balaban J connectivity index is 2.26. The molecule has 0 fully saturated rings. The van der Waals surface area contributed by atoms with Gasteiger partial charge in [-0.3, -0.25) is 0 Å². The van der Waals surface area contributed by atoms with E-state index in [9.17, 15) is 0 Å². The number of nitrogen functional groups attached to an aromatic ring is 1. The number of nitrogens with two attached hydrogens (primary N) is 1. The fourth-order valence-corrected chi connectivity index (χ4v) is 1.74. The number of rotatable bonds is 4. The van der Waals surface area contributed by atoms with Crippen molar-refractivity contribution in [1.82, 2.24) is 9.97 Å². The maximum absolute atomic E-state index is 6.08. The van der Waals surface area contributed by atoms with Crippen molar-refractivity contribution in [3.63, 3.8) is 0 Å². The lowest BCUT2D eigenvalue weighted by molar-refractivity contribution is 0.503. The van der Waals surface area contributed by atoms with Crippen molar-refractivity contribution < 1.29 is 4.42 Å². The summed E-state index contributed by atoms with van der Waals surface area (Å²) in [6, 6.07) is 3.75. The molecule has 0 unspecified atom stereocenters. The van der Waals surface area contributed by atoms with E-state index in [-0.39, 0.29) is 5.82 Å². The van der Waals surface area contributed by atoms with Gasteiger partial charge >= 0.3 is 0 Å². The molecule has 6 heteroatoms. The summed E-state index contributed by atoms with van der Waals surface area (Å²) in [5, 5.41) is 0.376. The lowest BCUT2D eigenvalue weighted by atomic mass is 10.3. The van der Waals surface area contributed by atoms with Gasteiger partial charge in [-0.1, -0.05) is 11.6 Å². The van der Waals surface area contributed by atoms with Crippen molar-refractivity contribution >= 4 is 23.2 Å². The van der Waals surface area contributed by atoms with Crippen LogP contribution in [0, 0.1) is 0 Å². The summed E-state index contributed by atoms with van der Waals surface area (Å²) in [6.07, 6.45) is 3.04. The second kappa shape index (κ2) is 5.05. The molecule has 2 aromatic heterocycles. The van der Waals surface area contributed by atoms with Crippen LogP contribution in [0.1, 0.15) is 12.7 Å². The lowest BCUT2D eigenvalue weighted by Gasteiger charge is -2.21. The van der Waals surface area contributed by atoms with E-state index in [0.29, 0.717) is 17.4 Å². The first-order valence-corrected chi connectivity index (χ1v) is 5.63. The number of hydrogen-bond acceptors (Lipinski definition) is 5. The van der Waals surface area contributed by atoms with Crippen LogP contribution < -0.4 is 10.6 Å². The minimum Gasteiger partial charge on any atom is -0.467 e. The fraction of sp³-hybridized carbons (Fsp3) is 0.273. The van der Waals surface area contributed by atoms with Gasteiger partial charge in [0.25, 0.3) is 0 Å². The third-order valence-electron chi connectivity index (χ3n) is 2.41. The van der Waals surface area contributed by atoms with Gasteiger partial charge in [0.05, 0.1) is 12.8 Å². The van der Waals surface area contributed by atoms with Crippen LogP contribution >= 0.6 is 11.6 Å². The molecule has 0 aliphatic rings. The maximum Gasteiger partial charge on any atom is 0.153 e. The SMILES string of the molecule is CCN(Cc1ccco1)c1ncnc(N)c1Cl. The predicted molar refractivity (Wildman–Crippen MR) is 66.9 cm³/mol. The third kappa shape index (κ3) is 2.50. The molecule has 2 N–H and O–H groups in total. The molecule has 0 atom stereocenters. The summed E-state index contributed by atoms with van der Waals surface area (Å²) in [6.45, 7) is 3.36. The fourth-order valence-electron chi connectivity index (χ4n) is 1.52. The number of aromatic nitrogens is 2. The summed E-state index contributed by atoms with van der Waals surface area (Å²) in [4.78, 5) is 9.96. The highest BCUT2D eigenvalue weighted by molar-refractivity contribution is 6.35. The molecule has 0 bridgehead atoms. The molecule has 0 aliphatic carbocycles. The predicted octanol–water partition coefficient (Wildman–Crippen LogP) is 2.33. The zero-order chi connectivity index (χ0) is 12.3. The van der Waals surface area contributed by atoms with Crippen molar-refractivity contribution in [3.8, 4) is 0 Å². The molecule has 0 spiro atoms. The summed E-state index contributed by atoms with van der Waals surface area (Å²) in [7, 11) is 0. The van der Waals surface area contributed by atoms with E-state index < -0.39 is 0 Å². The quantitative estimate of drug-likeness (QED) is 0.905. The Morgan fingerprint density at radius 1 is 1.47 bits per heavy atom. The zero-order valence-electron chi connectivity index (χ0n) is 9.43. The molecule has 17 heavy (non-hydrogen) atoms. The van der Waals surface area contributed by atoms with Crippen LogP contribution in [-0.4, -0.2) is 16.5 Å². The Morgan fingerprint density at radius 3 is 2.94 bits per heavy atom. The Morgan fingerprint density at radius 2 is 2.29 bits per heavy atom. The van der Waals surface area contributed by atoms with E-state index in [1.165, 1.54) is 6.33 Å². The van der Waals surface area contributed by atoms with Gasteiger partial charge in [0.15, 0.2) is 5.82 Å². The monoisotopic (exact) mass is 252 g/mol. The molecule has 90 valence electrons. The van der Waals surface area contributed by atoms with Crippen LogP contribution in [-0.2, 0) is 6.54 Å². The van der Waals surface area contributed by atoms with Crippen molar-refractivity contribution in [2.45, 2.75) is 13.5 Å². The average Bonchev–Trinajstić information content (AvgIpc) is 2.83. The highest BCUT2D eigenvalue weighted by Crippen LogP contribution is 2.27. The van der Waals surface area contributed by atoms with Crippen LogP contribution in [0.3, 0.4) is 0 Å².